The molecule has 0 saturated heterocycles. The number of pyridine rings is 2. The molecule has 0 aliphatic rings. The van der Waals surface area contributed by atoms with E-state index in [-0.39, 0.29) is 58.8 Å². The summed E-state index contributed by atoms with van der Waals surface area (Å²) in [6.07, 6.45) is 2.50. The summed E-state index contributed by atoms with van der Waals surface area (Å²) in [5, 5.41) is 1.01. The van der Waals surface area contributed by atoms with Gasteiger partial charge in [-0.15, -0.1) is 0 Å². The van der Waals surface area contributed by atoms with Gasteiger partial charge in [0, 0.05) is 42.7 Å². The fourth-order valence-corrected chi connectivity index (χ4v) is 1.42. The van der Waals surface area contributed by atoms with Gasteiger partial charge in [0.2, 0.25) is 11.9 Å². The number of hydroxylamine groups is 2. The molecule has 0 atom stereocenters. The second kappa shape index (κ2) is 14.7. The summed E-state index contributed by atoms with van der Waals surface area (Å²) >= 11 is 0. The summed E-state index contributed by atoms with van der Waals surface area (Å²) in [5.41, 5.74) is 0.560. The van der Waals surface area contributed by atoms with E-state index in [4.69, 9.17) is 0 Å². The van der Waals surface area contributed by atoms with Crippen LogP contribution in [0.4, 0.5) is 8.78 Å². The quantitative estimate of drug-likeness (QED) is 0.208. The molecular weight excluding hydrogens is 424 g/mol. The number of rotatable bonds is 3. The predicted octanol–water partition coefficient (Wildman–Crippen LogP) is -0.649. The number of amides is 1. The number of ketones is 1. The molecule has 0 N–H and O–H groups in total. The molecule has 10 heteroatoms. The Kier molecular flexibility index (Phi) is 16.5. The fourth-order valence-electron chi connectivity index (χ4n) is 1.42. The van der Waals surface area contributed by atoms with Gasteiger partial charge in [-0.1, -0.05) is 0 Å². The van der Waals surface area contributed by atoms with E-state index in [1.807, 2.05) is 0 Å². The van der Waals surface area contributed by atoms with Crippen LogP contribution in [0, 0.1) is 19.3 Å². The maximum Gasteiger partial charge on any atom is 2.00 e. The second-order valence-corrected chi connectivity index (χ2v) is 4.28. The largest absolute Gasteiger partial charge is 2.00 e. The van der Waals surface area contributed by atoms with E-state index in [1.54, 1.807) is 0 Å². The van der Waals surface area contributed by atoms with Gasteiger partial charge in [0.1, 0.15) is 0 Å². The van der Waals surface area contributed by atoms with E-state index in [2.05, 4.69) is 14.8 Å². The van der Waals surface area contributed by atoms with Gasteiger partial charge in [0.25, 0.3) is 5.91 Å². The van der Waals surface area contributed by atoms with Crippen LogP contribution < -0.4 is 17.0 Å². The van der Waals surface area contributed by atoms with Crippen molar-refractivity contribution < 1.29 is 40.2 Å². The average Bonchev–Trinajstić information content (AvgIpc) is 2.54. The molecule has 138 valence electrons. The minimum absolute atomic E-state index is 0. The van der Waals surface area contributed by atoms with Crippen molar-refractivity contribution in [1.82, 2.24) is 15.0 Å². The molecule has 6 nitrogen and oxygen atoms in total. The van der Waals surface area contributed by atoms with E-state index in [0.29, 0.717) is 5.56 Å². The molecule has 2 aromatic rings. The summed E-state index contributed by atoms with van der Waals surface area (Å²) in [6.45, 7) is 1.38. The van der Waals surface area contributed by atoms with Crippen molar-refractivity contribution in [2.75, 3.05) is 14.2 Å². The monoisotopic (exact) mass is 441 g/mol. The van der Waals surface area contributed by atoms with Crippen molar-refractivity contribution >= 4 is 34.7 Å². The topological polar surface area (TPSA) is 72.4 Å². The zero-order valence-electron chi connectivity index (χ0n) is 14.9. The third-order valence-electron chi connectivity index (χ3n) is 2.67. The van der Waals surface area contributed by atoms with Crippen molar-refractivity contribution in [3.8, 4) is 0 Å². The van der Waals surface area contributed by atoms with Gasteiger partial charge >= 0.3 is 23.1 Å². The first kappa shape index (κ1) is 29.3. The van der Waals surface area contributed by atoms with Crippen LogP contribution in [0.2, 0.25) is 0 Å². The Labute approximate surface area is 177 Å². The first-order valence-corrected chi connectivity index (χ1v) is 6.41. The summed E-state index contributed by atoms with van der Waals surface area (Å²) in [6, 6.07) is 5.06. The second-order valence-electron chi connectivity index (χ2n) is 4.28. The normalized spacial score (nSPS) is 8.50. The molecule has 0 radical (unpaired) electrons. The van der Waals surface area contributed by atoms with Gasteiger partial charge in [0.05, 0.1) is 7.11 Å². The number of Topliss-reactive ketones (excluding diaryl/α,β-unsaturated/α-hetero) is 1. The molecule has 0 fully saturated rings. The van der Waals surface area contributed by atoms with Crippen LogP contribution in [0.3, 0.4) is 0 Å². The molecule has 0 unspecified atom stereocenters. The van der Waals surface area contributed by atoms with Crippen molar-refractivity contribution in [3.63, 3.8) is 0 Å². The first-order valence-electron chi connectivity index (χ1n) is 6.41. The van der Waals surface area contributed by atoms with E-state index in [0.717, 1.165) is 17.2 Å². The van der Waals surface area contributed by atoms with Crippen LogP contribution in [0.5, 0.6) is 0 Å². The Morgan fingerprint density at radius 1 is 1.04 bits per heavy atom. The molecule has 0 saturated carbocycles. The summed E-state index contributed by atoms with van der Waals surface area (Å²) in [7, 11) is 2.80. The first-order chi connectivity index (χ1) is 10.8. The van der Waals surface area contributed by atoms with Crippen LogP contribution in [-0.4, -0.2) is 63.9 Å². The van der Waals surface area contributed by atoms with Gasteiger partial charge in [-0.25, -0.2) is 15.0 Å². The number of hydrogen-bond donors (Lipinski definition) is 0. The van der Waals surface area contributed by atoms with E-state index < -0.39 is 17.8 Å². The molecule has 1 amide bonds. The van der Waals surface area contributed by atoms with Crippen molar-refractivity contribution in [1.29, 1.82) is 0 Å². The van der Waals surface area contributed by atoms with Crippen LogP contribution in [0.25, 0.3) is 0 Å². The molecule has 0 aromatic carbocycles. The predicted molar refractivity (Wildman–Crippen MR) is 89.7 cm³/mol. The van der Waals surface area contributed by atoms with Crippen LogP contribution in [0.1, 0.15) is 27.6 Å². The Bertz CT molecular complexity index is 708. The SMILES string of the molecule is CC(=O)c1ccnc(F)c1.CON(C)C(=O)c1ccnc(F)c1.[Br-].[CH3-].[Mg+2]. The third-order valence-corrected chi connectivity index (χ3v) is 2.67. The number of nitrogens with zero attached hydrogens (tertiary/aromatic N) is 3. The number of hydrogen-bond acceptors (Lipinski definition) is 5. The van der Waals surface area contributed by atoms with Crippen LogP contribution >= 0.6 is 0 Å². The maximum atomic E-state index is 12.6. The van der Waals surface area contributed by atoms with Gasteiger partial charge in [-0.2, -0.15) is 8.78 Å². The number of aromatic nitrogens is 2. The van der Waals surface area contributed by atoms with Gasteiger partial charge in [-0.3, -0.25) is 14.4 Å². The average molecular weight is 443 g/mol. The minimum atomic E-state index is -0.685. The molecule has 2 rings (SSSR count). The van der Waals surface area contributed by atoms with E-state index >= 15 is 0 Å². The molecule has 0 bridgehead atoms. The standard InChI is InChI=1S/C8H9FN2O2.C7H6FNO.CH3.BrH.Mg/c1-11(13-2)8(12)6-3-4-10-7(9)5-6;1-5(10)6-2-3-9-7(8)4-6;;;/h3-5H,1-2H3;2-4H,1H3;1H3;1H;/q;;-1;;+2/p-1. The van der Waals surface area contributed by atoms with Crippen molar-refractivity contribution in [3.05, 3.63) is 67.1 Å². The molecular formula is C16H18BrF2MgN3O3. The Morgan fingerprint density at radius 3 is 1.81 bits per heavy atom. The van der Waals surface area contributed by atoms with Gasteiger partial charge in [0.15, 0.2) is 5.78 Å². The van der Waals surface area contributed by atoms with Crippen molar-refractivity contribution in [2.24, 2.45) is 0 Å². The third kappa shape index (κ3) is 9.85. The van der Waals surface area contributed by atoms with E-state index in [1.165, 1.54) is 45.6 Å². The molecule has 2 aromatic heterocycles. The molecule has 0 aliphatic carbocycles. The summed E-state index contributed by atoms with van der Waals surface area (Å²) < 4.78 is 24.8. The Balaban J connectivity index is -0.000000374. The summed E-state index contributed by atoms with van der Waals surface area (Å²) in [4.78, 5) is 33.2. The zero-order valence-corrected chi connectivity index (χ0v) is 17.9. The minimum Gasteiger partial charge on any atom is -1.00 e. The fraction of sp³-hybridized carbons (Fsp3) is 0.188. The number of carbonyl (C=O) groups is 2. The van der Waals surface area contributed by atoms with Gasteiger partial charge < -0.3 is 24.4 Å². The Morgan fingerprint density at radius 2 is 1.46 bits per heavy atom. The molecule has 0 spiro atoms. The molecule has 26 heavy (non-hydrogen) atoms. The van der Waals surface area contributed by atoms with E-state index in [9.17, 15) is 18.4 Å². The molecule has 2 heterocycles. The number of carbonyl (C=O) groups excluding carboxylic acids is 2. The summed E-state index contributed by atoms with van der Waals surface area (Å²) in [5.74, 6) is -1.87. The maximum absolute atomic E-state index is 12.6. The van der Waals surface area contributed by atoms with Gasteiger partial charge in [-0.05, 0) is 19.1 Å². The number of halogens is 3. The van der Waals surface area contributed by atoms with Crippen molar-refractivity contribution in [2.45, 2.75) is 6.92 Å². The van der Waals surface area contributed by atoms with Crippen LogP contribution in [-0.2, 0) is 4.84 Å². The molecule has 0 aliphatic heterocycles. The smallest absolute Gasteiger partial charge is 1.00 e. The Hall–Kier alpha value is -1.49. The zero-order chi connectivity index (χ0) is 17.4. The van der Waals surface area contributed by atoms with Crippen LogP contribution in [0.15, 0.2) is 36.7 Å².